The van der Waals surface area contributed by atoms with Crippen LogP contribution < -0.4 is 4.72 Å². The molecule has 1 aliphatic rings. The van der Waals surface area contributed by atoms with Gasteiger partial charge in [-0.1, -0.05) is 56.2 Å². The lowest BCUT2D eigenvalue weighted by Gasteiger charge is -2.23. The Morgan fingerprint density at radius 2 is 2.19 bits per heavy atom. The molecular weight excluding hydrogens is 338 g/mol. The van der Waals surface area contributed by atoms with Crippen molar-refractivity contribution in [1.82, 2.24) is 4.72 Å². The Balaban J connectivity index is 2.32. The zero-order valence-corrected chi connectivity index (χ0v) is 17.3. The van der Waals surface area contributed by atoms with Gasteiger partial charge in [0.1, 0.15) is 5.75 Å². The summed E-state index contributed by atoms with van der Waals surface area (Å²) in [7, 11) is 0. The molecule has 26 heavy (non-hydrogen) atoms. The molecule has 0 fully saturated rings. The third-order valence-corrected chi connectivity index (χ3v) is 6.06. The first-order chi connectivity index (χ1) is 12.6. The topological polar surface area (TPSA) is 32.3 Å². The van der Waals surface area contributed by atoms with E-state index in [1.54, 1.807) is 6.08 Å². The highest BCUT2D eigenvalue weighted by molar-refractivity contribution is 7.97. The molecular formula is C23H33NOS. The van der Waals surface area contributed by atoms with E-state index in [9.17, 15) is 5.11 Å². The van der Waals surface area contributed by atoms with Gasteiger partial charge in [-0.25, -0.2) is 0 Å². The first-order valence-corrected chi connectivity index (χ1v) is 10.7. The van der Waals surface area contributed by atoms with Crippen molar-refractivity contribution in [3.8, 4) is 5.75 Å². The monoisotopic (exact) mass is 371 g/mol. The van der Waals surface area contributed by atoms with E-state index in [0.717, 1.165) is 35.4 Å². The van der Waals surface area contributed by atoms with Crippen LogP contribution in [0.15, 0.2) is 53.1 Å². The molecule has 0 heterocycles. The summed E-state index contributed by atoms with van der Waals surface area (Å²) in [5.41, 5.74) is 4.69. The SMILES string of the molecule is C=C/C(=C\C)NSc1c(CCCCC)ccc(C2C=C(C)CCC2)c1O. The molecule has 0 saturated heterocycles. The first-order valence-electron chi connectivity index (χ1n) is 9.84. The highest BCUT2D eigenvalue weighted by Crippen LogP contribution is 2.42. The van der Waals surface area contributed by atoms with Gasteiger partial charge in [-0.3, -0.25) is 0 Å². The van der Waals surface area contributed by atoms with Gasteiger partial charge in [0.05, 0.1) is 4.90 Å². The molecule has 0 spiro atoms. The second-order valence-electron chi connectivity index (χ2n) is 7.11. The van der Waals surface area contributed by atoms with Crippen LogP contribution in [-0.2, 0) is 6.42 Å². The predicted molar refractivity (Wildman–Crippen MR) is 115 cm³/mol. The van der Waals surface area contributed by atoms with Crippen LogP contribution in [0.3, 0.4) is 0 Å². The Kier molecular flexibility index (Phi) is 8.37. The molecule has 0 saturated carbocycles. The van der Waals surface area contributed by atoms with Gasteiger partial charge >= 0.3 is 0 Å². The summed E-state index contributed by atoms with van der Waals surface area (Å²) in [6.07, 6.45) is 14.2. The minimum atomic E-state index is 0.327. The number of nitrogens with one attached hydrogen (secondary N) is 1. The van der Waals surface area contributed by atoms with Gasteiger partial charge in [0.2, 0.25) is 0 Å². The average Bonchev–Trinajstić information content (AvgIpc) is 2.64. The quantitative estimate of drug-likeness (QED) is 0.212. The average molecular weight is 372 g/mol. The highest BCUT2D eigenvalue weighted by Gasteiger charge is 2.21. The molecule has 1 aromatic rings. The van der Waals surface area contributed by atoms with E-state index in [2.05, 4.69) is 43.4 Å². The summed E-state index contributed by atoms with van der Waals surface area (Å²) >= 11 is 1.51. The fraction of sp³-hybridized carbons (Fsp3) is 0.478. The Hall–Kier alpha value is -1.61. The van der Waals surface area contributed by atoms with Gasteiger partial charge in [-0.05, 0) is 69.5 Å². The Morgan fingerprint density at radius 1 is 1.38 bits per heavy atom. The molecule has 0 aromatic heterocycles. The van der Waals surface area contributed by atoms with E-state index < -0.39 is 0 Å². The molecule has 0 amide bonds. The van der Waals surface area contributed by atoms with Crippen LogP contribution in [0.4, 0.5) is 0 Å². The zero-order valence-electron chi connectivity index (χ0n) is 16.5. The Bertz CT molecular complexity index is 675. The maximum atomic E-state index is 11.1. The van der Waals surface area contributed by atoms with Gasteiger partial charge in [0.15, 0.2) is 0 Å². The van der Waals surface area contributed by atoms with Crippen LogP contribution in [0.2, 0.25) is 0 Å². The van der Waals surface area contributed by atoms with Crippen molar-refractivity contribution in [2.75, 3.05) is 0 Å². The largest absolute Gasteiger partial charge is 0.506 e. The second kappa shape index (κ2) is 10.5. The van der Waals surface area contributed by atoms with Crippen LogP contribution in [-0.4, -0.2) is 5.11 Å². The molecule has 0 bridgehead atoms. The number of phenolic OH excluding ortho intramolecular Hbond substituents is 1. The van der Waals surface area contributed by atoms with Crippen LogP contribution >= 0.6 is 11.9 Å². The van der Waals surface area contributed by atoms with Crippen molar-refractivity contribution in [2.45, 2.75) is 76.5 Å². The number of aromatic hydroxyl groups is 1. The molecule has 0 aliphatic heterocycles. The molecule has 1 unspecified atom stereocenters. The third-order valence-electron chi connectivity index (χ3n) is 5.07. The number of phenols is 1. The molecule has 1 aliphatic carbocycles. The summed E-state index contributed by atoms with van der Waals surface area (Å²) in [6.45, 7) is 10.2. The molecule has 2 N–H and O–H groups in total. The van der Waals surface area contributed by atoms with E-state index in [1.165, 1.54) is 48.8 Å². The van der Waals surface area contributed by atoms with E-state index in [0.29, 0.717) is 11.7 Å². The third kappa shape index (κ3) is 5.44. The first kappa shape index (κ1) is 20.7. The summed E-state index contributed by atoms with van der Waals surface area (Å²) in [6, 6.07) is 4.36. The lowest BCUT2D eigenvalue weighted by atomic mass is 9.85. The lowest BCUT2D eigenvalue weighted by molar-refractivity contribution is 0.446. The summed E-state index contributed by atoms with van der Waals surface area (Å²) in [4.78, 5) is 0.969. The smallest absolute Gasteiger partial charge is 0.134 e. The van der Waals surface area contributed by atoms with E-state index >= 15 is 0 Å². The van der Waals surface area contributed by atoms with Gasteiger partial charge < -0.3 is 9.83 Å². The maximum absolute atomic E-state index is 11.1. The number of unbranched alkanes of at least 4 members (excludes halogenated alkanes) is 2. The zero-order chi connectivity index (χ0) is 18.9. The molecule has 3 heteroatoms. The Morgan fingerprint density at radius 3 is 2.85 bits per heavy atom. The van der Waals surface area contributed by atoms with Crippen molar-refractivity contribution >= 4 is 11.9 Å². The number of allylic oxidation sites excluding steroid dienone is 4. The molecule has 1 aromatic carbocycles. The molecule has 1 atom stereocenters. The van der Waals surface area contributed by atoms with Crippen LogP contribution in [0.25, 0.3) is 0 Å². The molecule has 142 valence electrons. The van der Waals surface area contributed by atoms with Crippen LogP contribution in [0, 0.1) is 0 Å². The van der Waals surface area contributed by atoms with Crippen molar-refractivity contribution in [1.29, 1.82) is 0 Å². The number of aryl methyl sites for hydroxylation is 1. The van der Waals surface area contributed by atoms with Crippen molar-refractivity contribution in [3.63, 3.8) is 0 Å². The normalized spacial score (nSPS) is 17.7. The Labute approximate surface area is 163 Å². The minimum absolute atomic E-state index is 0.327. The van der Waals surface area contributed by atoms with Gasteiger partial charge in [-0.2, -0.15) is 0 Å². The van der Waals surface area contributed by atoms with E-state index in [4.69, 9.17) is 0 Å². The number of hydrogen-bond donors (Lipinski definition) is 2. The van der Waals surface area contributed by atoms with Gasteiger partial charge in [0.25, 0.3) is 0 Å². The van der Waals surface area contributed by atoms with Crippen molar-refractivity contribution in [2.24, 2.45) is 0 Å². The van der Waals surface area contributed by atoms with Crippen LogP contribution in [0.1, 0.15) is 76.3 Å². The highest BCUT2D eigenvalue weighted by atomic mass is 32.2. The van der Waals surface area contributed by atoms with Gasteiger partial charge in [-0.15, -0.1) is 0 Å². The van der Waals surface area contributed by atoms with Crippen molar-refractivity contribution in [3.05, 3.63) is 59.3 Å². The predicted octanol–water partition coefficient (Wildman–Crippen LogP) is 7.03. The lowest BCUT2D eigenvalue weighted by Crippen LogP contribution is -2.06. The van der Waals surface area contributed by atoms with E-state index in [-0.39, 0.29) is 0 Å². The summed E-state index contributed by atoms with van der Waals surface area (Å²) in [5.74, 6) is 0.778. The van der Waals surface area contributed by atoms with Crippen LogP contribution in [0.5, 0.6) is 5.75 Å². The van der Waals surface area contributed by atoms with Gasteiger partial charge in [0, 0.05) is 17.2 Å². The fourth-order valence-electron chi connectivity index (χ4n) is 3.49. The fourth-order valence-corrected chi connectivity index (χ4v) is 4.43. The number of benzene rings is 1. The molecule has 2 nitrogen and oxygen atoms in total. The molecule has 0 radical (unpaired) electrons. The van der Waals surface area contributed by atoms with E-state index in [1.807, 2.05) is 13.0 Å². The minimum Gasteiger partial charge on any atom is -0.506 e. The number of rotatable bonds is 9. The summed E-state index contributed by atoms with van der Waals surface area (Å²) in [5, 5.41) is 11.1. The standard InChI is InChI=1S/C23H33NOS/c1-5-8-9-12-18-14-15-21(19-13-10-11-17(4)16-19)22(25)23(18)26-24-20(6-2)7-3/h6-7,14-16,19,24-25H,2,5,8-13H2,1,3-4H3/b20-7+. The molecule has 2 rings (SSSR count). The number of hydrogen-bond acceptors (Lipinski definition) is 3. The maximum Gasteiger partial charge on any atom is 0.134 e. The summed E-state index contributed by atoms with van der Waals surface area (Å²) < 4.78 is 3.33. The van der Waals surface area contributed by atoms with Crippen molar-refractivity contribution < 1.29 is 5.11 Å². The second-order valence-corrected chi connectivity index (χ2v) is 7.93.